The number of benzene rings is 4. The predicted octanol–water partition coefficient (Wildman–Crippen LogP) is 2.95. The number of ether oxygens (including phenoxy) is 1. The van der Waals surface area contributed by atoms with E-state index in [0.717, 1.165) is 31.4 Å². The molecule has 0 unspecified atom stereocenters. The van der Waals surface area contributed by atoms with Crippen LogP contribution in [0.4, 0.5) is 0 Å². The van der Waals surface area contributed by atoms with Crippen LogP contribution in [0.1, 0.15) is 104 Å². The SMILES string of the molecule is CNC(=O)c1ccc(C(=O)N[C@H]2COC[C@H]2NC(=O)c2ccc(C(=O)NCCCN(CCCCN(C)C(=O)c3cccc(=O)n3OCc3ccccc3)C(=O)c3cccc(=O)n3OCc3ccccc3)n(OCc3ccccc3)c2=O)c(=O)n1OCc1ccccc1. The largest absolute Gasteiger partial charge is 0.405 e. The number of amides is 6. The Morgan fingerprint density at radius 2 is 0.826 bits per heavy atom. The zero-order chi connectivity index (χ0) is 64.9. The summed E-state index contributed by atoms with van der Waals surface area (Å²) in [5.41, 5.74) is -1.44. The van der Waals surface area contributed by atoms with E-state index in [-0.39, 0.29) is 101 Å². The predicted molar refractivity (Wildman–Crippen MR) is 335 cm³/mol. The minimum atomic E-state index is -1.00. The van der Waals surface area contributed by atoms with Crippen molar-refractivity contribution >= 4 is 35.4 Å². The molecule has 476 valence electrons. The molecule has 1 aliphatic rings. The van der Waals surface area contributed by atoms with Gasteiger partial charge < -0.3 is 55.2 Å². The third kappa shape index (κ3) is 16.7. The highest BCUT2D eigenvalue weighted by atomic mass is 16.7. The lowest BCUT2D eigenvalue weighted by Gasteiger charge is -2.25. The zero-order valence-electron chi connectivity index (χ0n) is 50.5. The summed E-state index contributed by atoms with van der Waals surface area (Å²) in [6.07, 6.45) is 0.911. The topological polar surface area (TPSA) is 291 Å². The van der Waals surface area contributed by atoms with Gasteiger partial charge >= 0.3 is 0 Å². The fourth-order valence-corrected chi connectivity index (χ4v) is 9.81. The Kier molecular flexibility index (Phi) is 22.4. The van der Waals surface area contributed by atoms with Crippen LogP contribution < -0.4 is 62.9 Å². The van der Waals surface area contributed by atoms with E-state index in [2.05, 4.69) is 21.3 Å². The quantitative estimate of drug-likeness (QED) is 0.0491. The van der Waals surface area contributed by atoms with Gasteiger partial charge in [-0.25, -0.2) is 0 Å². The molecule has 4 aromatic heterocycles. The summed E-state index contributed by atoms with van der Waals surface area (Å²) in [5.74, 6) is -4.20. The highest BCUT2D eigenvalue weighted by Crippen LogP contribution is 2.14. The molecule has 1 saturated heterocycles. The van der Waals surface area contributed by atoms with Gasteiger partial charge in [-0.15, -0.1) is 18.9 Å². The van der Waals surface area contributed by atoms with E-state index in [0.29, 0.717) is 28.7 Å². The van der Waals surface area contributed by atoms with E-state index in [4.69, 9.17) is 24.1 Å². The number of unbranched alkanes of at least 4 members (excludes halogenated alkanes) is 1. The monoisotopic (exact) mass is 1250 g/mol. The van der Waals surface area contributed by atoms with Crippen LogP contribution in [0.2, 0.25) is 0 Å². The van der Waals surface area contributed by atoms with Gasteiger partial charge in [-0.1, -0.05) is 133 Å². The Labute approximate surface area is 527 Å². The van der Waals surface area contributed by atoms with Gasteiger partial charge in [0.2, 0.25) is 0 Å². The van der Waals surface area contributed by atoms with E-state index in [1.54, 1.807) is 67.7 Å². The summed E-state index contributed by atoms with van der Waals surface area (Å²) in [4.78, 5) is 164. The van der Waals surface area contributed by atoms with Gasteiger partial charge in [0.25, 0.3) is 57.7 Å². The lowest BCUT2D eigenvalue weighted by Crippen LogP contribution is -2.52. The molecule has 8 aromatic rings. The summed E-state index contributed by atoms with van der Waals surface area (Å²) in [6, 6.07) is 47.4. The third-order valence-corrected chi connectivity index (χ3v) is 14.7. The summed E-state index contributed by atoms with van der Waals surface area (Å²) >= 11 is 0. The van der Waals surface area contributed by atoms with Gasteiger partial charge in [-0.3, -0.25) is 47.9 Å². The van der Waals surface area contributed by atoms with Crippen LogP contribution in [-0.4, -0.2) is 130 Å². The number of hydrogen-bond donors (Lipinski definition) is 4. The maximum absolute atomic E-state index is 14.6. The third-order valence-electron chi connectivity index (χ3n) is 14.7. The maximum atomic E-state index is 14.6. The highest BCUT2D eigenvalue weighted by molar-refractivity contribution is 5.98. The minimum Gasteiger partial charge on any atom is -0.405 e. The normalized spacial score (nSPS) is 13.2. The highest BCUT2D eigenvalue weighted by Gasteiger charge is 2.34. The number of rotatable bonds is 29. The maximum Gasteiger partial charge on any atom is 0.296 e. The van der Waals surface area contributed by atoms with Crippen molar-refractivity contribution in [3.63, 3.8) is 0 Å². The molecule has 25 nitrogen and oxygen atoms in total. The van der Waals surface area contributed by atoms with Gasteiger partial charge in [-0.2, -0.15) is 0 Å². The van der Waals surface area contributed by atoms with Crippen molar-refractivity contribution in [2.45, 2.75) is 57.8 Å². The van der Waals surface area contributed by atoms with E-state index >= 15 is 0 Å². The second kappa shape index (κ2) is 31.7. The second-order valence-electron chi connectivity index (χ2n) is 21.2. The molecule has 1 fully saturated rings. The average Bonchev–Trinajstić information content (AvgIpc) is 2.63. The molecule has 0 bridgehead atoms. The number of nitrogens with zero attached hydrogens (tertiary/aromatic N) is 6. The van der Waals surface area contributed by atoms with Crippen LogP contribution in [-0.2, 0) is 31.2 Å². The van der Waals surface area contributed by atoms with E-state index in [1.165, 1.54) is 71.4 Å². The molecular weight excluding hydrogens is 1180 g/mol. The van der Waals surface area contributed by atoms with E-state index in [9.17, 15) is 47.9 Å². The van der Waals surface area contributed by atoms with Crippen LogP contribution in [0.25, 0.3) is 0 Å². The molecule has 0 radical (unpaired) electrons. The van der Waals surface area contributed by atoms with E-state index in [1.807, 2.05) is 60.7 Å². The molecule has 0 spiro atoms. The molecule has 92 heavy (non-hydrogen) atoms. The number of aromatic nitrogens is 4. The molecule has 1 aliphatic heterocycles. The van der Waals surface area contributed by atoms with Crippen molar-refractivity contribution in [1.82, 2.24) is 50.0 Å². The average molecular weight is 1250 g/mol. The molecule has 25 heteroatoms. The zero-order valence-corrected chi connectivity index (χ0v) is 50.5. The Morgan fingerprint density at radius 3 is 1.26 bits per heavy atom. The molecule has 2 atom stereocenters. The van der Waals surface area contributed by atoms with Crippen molar-refractivity contribution in [3.05, 3.63) is 280 Å². The van der Waals surface area contributed by atoms with Crippen LogP contribution >= 0.6 is 0 Å². The van der Waals surface area contributed by atoms with Crippen LogP contribution in [0.15, 0.2) is 201 Å². The summed E-state index contributed by atoms with van der Waals surface area (Å²) in [7, 11) is 2.97. The van der Waals surface area contributed by atoms with Crippen LogP contribution in [0.5, 0.6) is 0 Å². The molecule has 0 saturated carbocycles. The van der Waals surface area contributed by atoms with Crippen molar-refractivity contribution in [2.75, 3.05) is 53.5 Å². The standard InChI is InChI=1S/C67H68N10O15/c1-68-62(82)54-34-32-50(64(84)76(54)91-42-48-24-11-5-12-25-48)60(80)70-52-44-88-45-53(52)71-61(81)51-33-35-55(77(65(51)85)92-43-49-26-13-6-14-27-49)63(83)69-36-19-39-73(67(87)57-29-18-31-59(79)75(57)90-41-47-22-9-4-10-23-47)38-16-15-37-72(2)66(86)56-28-17-30-58(78)74(56)89-40-46-20-7-3-8-21-46/h3-14,17-18,20-35,52-53H,15-16,19,36-45H2,1-2H3,(H,68,82)(H,69,83)(H,70,80)(H,71,81)/t52-,53+/m0/s1. The van der Waals surface area contributed by atoms with Crippen LogP contribution in [0.3, 0.4) is 0 Å². The number of hydrogen-bond acceptors (Lipinski definition) is 15. The molecular formula is C67H68N10O15. The van der Waals surface area contributed by atoms with E-state index < -0.39 is 75.3 Å². The lowest BCUT2D eigenvalue weighted by atomic mass is 10.1. The van der Waals surface area contributed by atoms with Gasteiger partial charge in [0.15, 0.2) is 0 Å². The first-order chi connectivity index (χ1) is 44.7. The molecule has 4 aromatic carbocycles. The van der Waals surface area contributed by atoms with Gasteiger partial charge in [0.1, 0.15) is 60.3 Å². The molecule has 6 amide bonds. The van der Waals surface area contributed by atoms with Crippen molar-refractivity contribution < 1.29 is 52.9 Å². The number of nitrogens with one attached hydrogen (secondary N) is 4. The molecule has 0 aliphatic carbocycles. The number of carbonyl (C=O) groups is 6. The molecule has 4 N–H and O–H groups in total. The fraction of sp³-hybridized carbons (Fsp3) is 0.254. The van der Waals surface area contributed by atoms with Gasteiger partial charge in [0, 0.05) is 52.4 Å². The van der Waals surface area contributed by atoms with Crippen molar-refractivity contribution in [2.24, 2.45) is 0 Å². The first-order valence-electron chi connectivity index (χ1n) is 29.6. The Hall–Kier alpha value is -11.3. The van der Waals surface area contributed by atoms with Crippen molar-refractivity contribution in [1.29, 1.82) is 0 Å². The Balaban J connectivity index is 0.873. The van der Waals surface area contributed by atoms with Crippen molar-refractivity contribution in [3.8, 4) is 0 Å². The number of carbonyl (C=O) groups excluding carboxylic acids is 6. The smallest absolute Gasteiger partial charge is 0.296 e. The molecule has 5 heterocycles. The van der Waals surface area contributed by atoms with Gasteiger partial charge in [0.05, 0.1) is 25.3 Å². The molecule has 9 rings (SSSR count). The Morgan fingerprint density at radius 1 is 0.435 bits per heavy atom. The lowest BCUT2D eigenvalue weighted by molar-refractivity contribution is 0.0569. The summed E-state index contributed by atoms with van der Waals surface area (Å²) in [6.45, 7) is -0.137. The second-order valence-corrected chi connectivity index (χ2v) is 21.2. The Bertz CT molecular complexity index is 4140. The minimum absolute atomic E-state index is 0.0223. The summed E-state index contributed by atoms with van der Waals surface area (Å²) in [5, 5.41) is 10.7. The fourth-order valence-electron chi connectivity index (χ4n) is 9.81. The first-order valence-corrected chi connectivity index (χ1v) is 29.6. The summed E-state index contributed by atoms with van der Waals surface area (Å²) < 4.78 is 8.99. The van der Waals surface area contributed by atoms with Crippen LogP contribution in [0, 0.1) is 0 Å². The first kappa shape index (κ1) is 65.1. The van der Waals surface area contributed by atoms with Gasteiger partial charge in [-0.05, 0) is 77.9 Å². The number of pyridine rings is 4.